The number of hydrogen-bond acceptors (Lipinski definition) is 3. The van der Waals surface area contributed by atoms with Crippen molar-refractivity contribution < 1.29 is 14.6 Å². The Kier molecular flexibility index (Phi) is 3.54. The molecule has 0 saturated heterocycles. The van der Waals surface area contributed by atoms with Crippen molar-refractivity contribution in [3.05, 3.63) is 28.3 Å². The van der Waals surface area contributed by atoms with E-state index in [9.17, 15) is 4.79 Å². The fourth-order valence-electron chi connectivity index (χ4n) is 1.55. The number of halogens is 1. The molecule has 1 amide bonds. The quantitative estimate of drug-likeness (QED) is 0.862. The van der Waals surface area contributed by atoms with Gasteiger partial charge in [0.15, 0.2) is 0 Å². The van der Waals surface area contributed by atoms with Gasteiger partial charge >= 0.3 is 0 Å². The molecule has 4 nitrogen and oxygen atoms in total. The van der Waals surface area contributed by atoms with E-state index in [2.05, 4.69) is 5.32 Å². The predicted molar refractivity (Wildman–Crippen MR) is 64.4 cm³/mol. The van der Waals surface area contributed by atoms with Gasteiger partial charge in [-0.3, -0.25) is 4.79 Å². The molecular weight excluding hydrogens is 242 g/mol. The van der Waals surface area contributed by atoms with Crippen LogP contribution in [0.4, 0.5) is 0 Å². The van der Waals surface area contributed by atoms with Crippen molar-refractivity contribution in [1.29, 1.82) is 0 Å². The number of carbonyl (C=O) groups is 1. The molecule has 2 N–H and O–H groups in total. The van der Waals surface area contributed by atoms with Gasteiger partial charge in [-0.05, 0) is 25.0 Å². The zero-order chi connectivity index (χ0) is 12.4. The second-order valence-corrected chi connectivity index (χ2v) is 4.44. The standard InChI is InChI=1S/C12H14ClNO3/c1-17-10-5-7(4-8(6-15)11(10)13)12(16)14-9-2-3-9/h4-5,9,15H,2-3,6H2,1H3,(H,14,16). The molecule has 0 heterocycles. The highest BCUT2D eigenvalue weighted by Gasteiger charge is 2.24. The van der Waals surface area contributed by atoms with Crippen LogP contribution in [0.25, 0.3) is 0 Å². The molecule has 0 aliphatic heterocycles. The predicted octanol–water partition coefficient (Wildman–Crippen LogP) is 1.73. The van der Waals surface area contributed by atoms with Gasteiger partial charge in [-0.15, -0.1) is 0 Å². The third kappa shape index (κ3) is 2.70. The molecule has 1 saturated carbocycles. The van der Waals surface area contributed by atoms with E-state index in [4.69, 9.17) is 21.4 Å². The third-order valence-corrected chi connectivity index (χ3v) is 3.11. The summed E-state index contributed by atoms with van der Waals surface area (Å²) in [5, 5.41) is 12.4. The second-order valence-electron chi connectivity index (χ2n) is 4.06. The lowest BCUT2D eigenvalue weighted by atomic mass is 10.1. The summed E-state index contributed by atoms with van der Waals surface area (Å²) >= 11 is 5.99. The molecule has 1 aliphatic carbocycles. The molecule has 0 bridgehead atoms. The van der Waals surface area contributed by atoms with Gasteiger partial charge in [-0.1, -0.05) is 11.6 Å². The van der Waals surface area contributed by atoms with Crippen LogP contribution in [-0.4, -0.2) is 24.2 Å². The van der Waals surface area contributed by atoms with Gasteiger partial charge in [0.1, 0.15) is 5.75 Å². The maximum Gasteiger partial charge on any atom is 0.251 e. The molecular formula is C12H14ClNO3. The first-order valence-electron chi connectivity index (χ1n) is 5.44. The zero-order valence-corrected chi connectivity index (χ0v) is 10.3. The van der Waals surface area contributed by atoms with E-state index in [0.29, 0.717) is 27.9 Å². The van der Waals surface area contributed by atoms with Crippen LogP contribution in [0.15, 0.2) is 12.1 Å². The summed E-state index contributed by atoms with van der Waals surface area (Å²) in [6.07, 6.45) is 2.06. The fourth-order valence-corrected chi connectivity index (χ4v) is 1.79. The van der Waals surface area contributed by atoms with Crippen LogP contribution in [0.3, 0.4) is 0 Å². The summed E-state index contributed by atoms with van der Waals surface area (Å²) in [5.74, 6) is 0.247. The van der Waals surface area contributed by atoms with Gasteiger partial charge in [0, 0.05) is 17.2 Å². The Morgan fingerprint density at radius 3 is 2.82 bits per heavy atom. The van der Waals surface area contributed by atoms with Crippen molar-refractivity contribution in [2.45, 2.75) is 25.5 Å². The molecule has 17 heavy (non-hydrogen) atoms. The number of methoxy groups -OCH3 is 1. The number of aliphatic hydroxyl groups excluding tert-OH is 1. The highest BCUT2D eigenvalue weighted by atomic mass is 35.5. The lowest BCUT2D eigenvalue weighted by molar-refractivity contribution is 0.0950. The van der Waals surface area contributed by atoms with Crippen LogP contribution in [0.1, 0.15) is 28.8 Å². The van der Waals surface area contributed by atoms with Gasteiger partial charge in [-0.2, -0.15) is 0 Å². The van der Waals surface area contributed by atoms with E-state index in [1.54, 1.807) is 12.1 Å². The largest absolute Gasteiger partial charge is 0.495 e. The summed E-state index contributed by atoms with van der Waals surface area (Å²) in [5.41, 5.74) is 0.953. The first-order valence-corrected chi connectivity index (χ1v) is 5.81. The molecule has 2 rings (SSSR count). The molecule has 0 unspecified atom stereocenters. The molecule has 5 heteroatoms. The first kappa shape index (κ1) is 12.2. The number of nitrogens with one attached hydrogen (secondary N) is 1. The van der Waals surface area contributed by atoms with Crippen LogP contribution in [-0.2, 0) is 6.61 Å². The minimum atomic E-state index is -0.222. The minimum absolute atomic E-state index is 0.155. The average Bonchev–Trinajstić information content (AvgIpc) is 3.13. The van der Waals surface area contributed by atoms with Gasteiger partial charge in [-0.25, -0.2) is 0 Å². The highest BCUT2D eigenvalue weighted by Crippen LogP contribution is 2.30. The summed E-state index contributed by atoms with van der Waals surface area (Å²) in [7, 11) is 1.48. The Bertz CT molecular complexity index is 418. The SMILES string of the molecule is COc1cc(C(=O)NC2CC2)cc(CO)c1Cl. The van der Waals surface area contributed by atoms with E-state index in [-0.39, 0.29) is 12.5 Å². The topological polar surface area (TPSA) is 58.6 Å². The molecule has 0 aromatic heterocycles. The average molecular weight is 256 g/mol. The van der Waals surface area contributed by atoms with Gasteiger partial charge in [0.25, 0.3) is 5.91 Å². The van der Waals surface area contributed by atoms with Gasteiger partial charge in [0.2, 0.25) is 0 Å². The highest BCUT2D eigenvalue weighted by molar-refractivity contribution is 6.33. The third-order valence-electron chi connectivity index (χ3n) is 2.68. The monoisotopic (exact) mass is 255 g/mol. The molecule has 1 aromatic rings. The number of hydrogen-bond donors (Lipinski definition) is 2. The number of amides is 1. The molecule has 1 aromatic carbocycles. The summed E-state index contributed by atoms with van der Waals surface area (Å²) in [4.78, 5) is 11.9. The van der Waals surface area contributed by atoms with Crippen LogP contribution in [0, 0.1) is 0 Å². The summed E-state index contributed by atoms with van der Waals surface area (Å²) in [6.45, 7) is -0.222. The van der Waals surface area contributed by atoms with Gasteiger partial charge < -0.3 is 15.2 Å². The van der Waals surface area contributed by atoms with Crippen molar-refractivity contribution in [3.63, 3.8) is 0 Å². The Labute approximate surface area is 105 Å². The number of benzene rings is 1. The molecule has 0 radical (unpaired) electrons. The maximum atomic E-state index is 11.9. The molecule has 0 spiro atoms. The molecule has 0 atom stereocenters. The molecule has 92 valence electrons. The van der Waals surface area contributed by atoms with Crippen LogP contribution < -0.4 is 10.1 Å². The first-order chi connectivity index (χ1) is 8.15. The lowest BCUT2D eigenvalue weighted by Gasteiger charge is -2.10. The second kappa shape index (κ2) is 4.94. The van der Waals surface area contributed by atoms with Crippen LogP contribution >= 0.6 is 11.6 Å². The van der Waals surface area contributed by atoms with E-state index in [1.807, 2.05) is 0 Å². The number of aliphatic hydroxyl groups is 1. The molecule has 1 fully saturated rings. The van der Waals surface area contributed by atoms with E-state index >= 15 is 0 Å². The van der Waals surface area contributed by atoms with E-state index in [1.165, 1.54) is 7.11 Å². The Morgan fingerprint density at radius 1 is 1.59 bits per heavy atom. The number of carbonyl (C=O) groups excluding carboxylic acids is 1. The van der Waals surface area contributed by atoms with Gasteiger partial charge in [0.05, 0.1) is 18.7 Å². The zero-order valence-electron chi connectivity index (χ0n) is 9.50. The minimum Gasteiger partial charge on any atom is -0.495 e. The Balaban J connectivity index is 2.29. The van der Waals surface area contributed by atoms with Crippen LogP contribution in [0.2, 0.25) is 5.02 Å². The van der Waals surface area contributed by atoms with E-state index < -0.39 is 0 Å². The van der Waals surface area contributed by atoms with Crippen molar-refractivity contribution >= 4 is 17.5 Å². The van der Waals surface area contributed by atoms with Crippen molar-refractivity contribution in [3.8, 4) is 5.75 Å². The van der Waals surface area contributed by atoms with Crippen molar-refractivity contribution in [1.82, 2.24) is 5.32 Å². The van der Waals surface area contributed by atoms with E-state index in [0.717, 1.165) is 12.8 Å². The Morgan fingerprint density at radius 2 is 2.29 bits per heavy atom. The number of ether oxygens (including phenoxy) is 1. The molecule has 1 aliphatic rings. The fraction of sp³-hybridized carbons (Fsp3) is 0.417. The van der Waals surface area contributed by atoms with Crippen LogP contribution in [0.5, 0.6) is 5.75 Å². The van der Waals surface area contributed by atoms with Crippen molar-refractivity contribution in [2.24, 2.45) is 0 Å². The maximum absolute atomic E-state index is 11.9. The lowest BCUT2D eigenvalue weighted by Crippen LogP contribution is -2.25. The number of rotatable bonds is 4. The smallest absolute Gasteiger partial charge is 0.251 e. The normalized spacial score (nSPS) is 14.5. The summed E-state index contributed by atoms with van der Waals surface area (Å²) < 4.78 is 5.08. The summed E-state index contributed by atoms with van der Waals surface area (Å²) in [6, 6.07) is 3.46. The Hall–Kier alpha value is -1.26. The van der Waals surface area contributed by atoms with Crippen molar-refractivity contribution in [2.75, 3.05) is 7.11 Å².